The van der Waals surface area contributed by atoms with Crippen molar-refractivity contribution in [2.24, 2.45) is 0 Å². The number of hydrogen-bond acceptors (Lipinski definition) is 6. The molecule has 0 aromatic carbocycles. The highest BCUT2D eigenvalue weighted by molar-refractivity contribution is 5.71. The lowest BCUT2D eigenvalue weighted by atomic mass is 10.0. The lowest BCUT2D eigenvalue weighted by molar-refractivity contribution is -0.167. The van der Waals surface area contributed by atoms with Crippen LogP contribution in [0.4, 0.5) is 0 Å². The minimum atomic E-state index is -0.772. The summed E-state index contributed by atoms with van der Waals surface area (Å²) in [4.78, 5) is 38.0. The molecule has 0 saturated carbocycles. The monoisotopic (exact) mass is 1160 g/mol. The highest BCUT2D eigenvalue weighted by Gasteiger charge is 2.19. The van der Waals surface area contributed by atoms with Crippen LogP contribution in [0.15, 0.2) is 72.9 Å². The summed E-state index contributed by atoms with van der Waals surface area (Å²) < 4.78 is 16.8. The van der Waals surface area contributed by atoms with E-state index in [1.165, 1.54) is 244 Å². The normalized spacial score (nSPS) is 12.5. The Morgan fingerprint density at radius 2 is 0.470 bits per heavy atom. The van der Waals surface area contributed by atoms with Gasteiger partial charge < -0.3 is 14.2 Å². The van der Waals surface area contributed by atoms with Crippen LogP contribution in [0.2, 0.25) is 0 Å². The van der Waals surface area contributed by atoms with Crippen molar-refractivity contribution < 1.29 is 28.6 Å². The maximum Gasteiger partial charge on any atom is 0.306 e. The molecule has 1 atom stereocenters. The minimum Gasteiger partial charge on any atom is -0.462 e. The average Bonchev–Trinajstić information content (AvgIpc) is 3.49. The lowest BCUT2D eigenvalue weighted by Crippen LogP contribution is -2.30. The first-order chi connectivity index (χ1) is 41.0. The van der Waals surface area contributed by atoms with Crippen molar-refractivity contribution in [2.75, 3.05) is 13.2 Å². The Morgan fingerprint density at radius 3 is 0.735 bits per heavy atom. The van der Waals surface area contributed by atoms with Gasteiger partial charge in [-0.2, -0.15) is 0 Å². The molecule has 0 saturated heterocycles. The molecule has 6 nitrogen and oxygen atoms in total. The summed E-state index contributed by atoms with van der Waals surface area (Å²) in [6, 6.07) is 0. The largest absolute Gasteiger partial charge is 0.462 e. The van der Waals surface area contributed by atoms with Crippen LogP contribution in [-0.4, -0.2) is 37.2 Å². The SMILES string of the molecule is CC/C=C\C/C=C\C/C=C\C/C=C\CCCCCCCCCCCCCCC(=O)OC(COC(=O)CCCCCCC)COC(=O)CCCCCCCCCCCCCCCCCCCCCCCCC/C=C\C/C=C\CCCCCCC. The number of carbonyl (C=O) groups is 3. The van der Waals surface area contributed by atoms with Crippen molar-refractivity contribution in [1.82, 2.24) is 0 Å². The summed E-state index contributed by atoms with van der Waals surface area (Å²) in [5.74, 6) is -0.868. The molecule has 0 aliphatic carbocycles. The molecule has 0 N–H and O–H groups in total. The summed E-state index contributed by atoms with van der Waals surface area (Å²) in [7, 11) is 0. The molecule has 0 rings (SSSR count). The molecule has 0 bridgehead atoms. The Hall–Kier alpha value is -3.15. The van der Waals surface area contributed by atoms with Crippen molar-refractivity contribution in [3.05, 3.63) is 72.9 Å². The molecule has 0 aromatic rings. The molecule has 6 heteroatoms. The second-order valence-corrected chi connectivity index (χ2v) is 24.5. The summed E-state index contributed by atoms with van der Waals surface area (Å²) >= 11 is 0. The van der Waals surface area contributed by atoms with Gasteiger partial charge in [-0.25, -0.2) is 0 Å². The Balaban J connectivity index is 3.90. The number of esters is 3. The second-order valence-electron chi connectivity index (χ2n) is 24.5. The van der Waals surface area contributed by atoms with Crippen molar-refractivity contribution in [3.63, 3.8) is 0 Å². The summed E-state index contributed by atoms with van der Waals surface area (Å²) in [6.07, 6.45) is 94.4. The van der Waals surface area contributed by atoms with Crippen LogP contribution in [-0.2, 0) is 28.6 Å². The number of ether oxygens (including phenoxy) is 3. The van der Waals surface area contributed by atoms with Crippen molar-refractivity contribution >= 4 is 17.9 Å². The van der Waals surface area contributed by atoms with E-state index in [0.717, 1.165) is 96.3 Å². The molecule has 0 aromatic heterocycles. The molecule has 83 heavy (non-hydrogen) atoms. The molecule has 0 amide bonds. The second kappa shape index (κ2) is 71.3. The fraction of sp³-hybridized carbons (Fsp3) is 0.805. The topological polar surface area (TPSA) is 78.9 Å². The van der Waals surface area contributed by atoms with Crippen LogP contribution in [0.5, 0.6) is 0 Å². The van der Waals surface area contributed by atoms with Gasteiger partial charge in [-0.1, -0.05) is 344 Å². The van der Waals surface area contributed by atoms with Gasteiger partial charge in [0.15, 0.2) is 6.10 Å². The maximum absolute atomic E-state index is 12.9. The van der Waals surface area contributed by atoms with Crippen LogP contribution < -0.4 is 0 Å². The molecule has 0 heterocycles. The third-order valence-corrected chi connectivity index (χ3v) is 16.2. The Bertz CT molecular complexity index is 1520. The average molecular weight is 1160 g/mol. The number of allylic oxidation sites excluding steroid dienone is 12. The van der Waals surface area contributed by atoms with Gasteiger partial charge in [-0.05, 0) is 89.9 Å². The summed E-state index contributed by atoms with van der Waals surface area (Å²) in [6.45, 7) is 6.48. The van der Waals surface area contributed by atoms with Crippen LogP contribution in [0.25, 0.3) is 0 Å². The van der Waals surface area contributed by atoms with E-state index >= 15 is 0 Å². The van der Waals surface area contributed by atoms with Crippen molar-refractivity contribution in [3.8, 4) is 0 Å². The zero-order chi connectivity index (χ0) is 59.9. The van der Waals surface area contributed by atoms with Crippen molar-refractivity contribution in [1.29, 1.82) is 0 Å². The number of unbranched alkanes of at least 4 members (excludes halogenated alkanes) is 44. The lowest BCUT2D eigenvalue weighted by Gasteiger charge is -2.18. The van der Waals surface area contributed by atoms with Crippen LogP contribution in [0.1, 0.15) is 380 Å². The van der Waals surface area contributed by atoms with Gasteiger partial charge in [-0.3, -0.25) is 14.4 Å². The Morgan fingerprint density at radius 1 is 0.253 bits per heavy atom. The van der Waals surface area contributed by atoms with Crippen LogP contribution in [0, 0.1) is 0 Å². The molecule has 0 aliphatic rings. The third-order valence-electron chi connectivity index (χ3n) is 16.2. The molecular weight excluding hydrogens is 1020 g/mol. The molecule has 1 unspecified atom stereocenters. The van der Waals surface area contributed by atoms with E-state index in [0.29, 0.717) is 19.3 Å². The summed E-state index contributed by atoms with van der Waals surface area (Å²) in [5, 5.41) is 0. The molecule has 0 spiro atoms. The van der Waals surface area contributed by atoms with E-state index in [9.17, 15) is 14.4 Å². The minimum absolute atomic E-state index is 0.0715. The van der Waals surface area contributed by atoms with Gasteiger partial charge in [0.25, 0.3) is 0 Å². The first kappa shape index (κ1) is 79.8. The Labute approximate surface area is 516 Å². The maximum atomic E-state index is 12.9. The third kappa shape index (κ3) is 69.5. The van der Waals surface area contributed by atoms with Gasteiger partial charge in [0.05, 0.1) is 0 Å². The van der Waals surface area contributed by atoms with Gasteiger partial charge in [0.1, 0.15) is 13.2 Å². The number of hydrogen-bond donors (Lipinski definition) is 0. The van der Waals surface area contributed by atoms with E-state index in [4.69, 9.17) is 14.2 Å². The first-order valence-electron chi connectivity index (χ1n) is 36.4. The number of carbonyl (C=O) groups excluding carboxylic acids is 3. The van der Waals surface area contributed by atoms with Gasteiger partial charge in [-0.15, -0.1) is 0 Å². The van der Waals surface area contributed by atoms with E-state index in [2.05, 4.69) is 93.7 Å². The molecule has 0 fully saturated rings. The predicted octanol–water partition coefficient (Wildman–Crippen LogP) is 25.2. The molecule has 482 valence electrons. The predicted molar refractivity (Wildman–Crippen MR) is 362 cm³/mol. The quantitative estimate of drug-likeness (QED) is 0.0261. The van der Waals surface area contributed by atoms with Crippen LogP contribution in [0.3, 0.4) is 0 Å². The highest BCUT2D eigenvalue weighted by Crippen LogP contribution is 2.18. The zero-order valence-corrected chi connectivity index (χ0v) is 55.5. The van der Waals surface area contributed by atoms with Crippen LogP contribution >= 0.6 is 0 Å². The highest BCUT2D eigenvalue weighted by atomic mass is 16.6. The fourth-order valence-electron chi connectivity index (χ4n) is 10.8. The Kier molecular flexibility index (Phi) is 68.6. The van der Waals surface area contributed by atoms with E-state index < -0.39 is 6.10 Å². The molecule has 0 aliphatic heterocycles. The standard InChI is InChI=1S/C77H138O6/c1-4-7-10-13-15-17-19-21-23-25-27-29-31-33-34-35-36-37-38-39-40-41-42-44-45-47-49-51-53-55-57-59-61-64-67-70-76(79)82-73-74(72-81-75(78)69-66-63-12-9-6-3)83-77(80)71-68-65-62-60-58-56-54-52-50-48-46-43-32-30-28-26-24-22-20-18-16-14-11-8-5-2/h8,11,16,18-19,21-22,24-25,27-28,30,74H,4-7,9-10,12-15,17,20,23,26,29,31-73H2,1-3H3/b11-8-,18-16-,21-19-,24-22-,27-25-,30-28-. The number of rotatable bonds is 67. The van der Waals surface area contributed by atoms with Gasteiger partial charge >= 0.3 is 17.9 Å². The summed E-state index contributed by atoms with van der Waals surface area (Å²) in [5.41, 5.74) is 0. The van der Waals surface area contributed by atoms with Crippen molar-refractivity contribution in [2.45, 2.75) is 386 Å². The smallest absolute Gasteiger partial charge is 0.306 e. The van der Waals surface area contributed by atoms with Gasteiger partial charge in [0, 0.05) is 19.3 Å². The molecular formula is C77H138O6. The van der Waals surface area contributed by atoms with E-state index in [1.807, 2.05) is 0 Å². The fourth-order valence-corrected chi connectivity index (χ4v) is 10.8. The van der Waals surface area contributed by atoms with E-state index in [1.54, 1.807) is 0 Å². The van der Waals surface area contributed by atoms with E-state index in [-0.39, 0.29) is 31.1 Å². The zero-order valence-electron chi connectivity index (χ0n) is 55.5. The first-order valence-corrected chi connectivity index (χ1v) is 36.4. The van der Waals surface area contributed by atoms with Gasteiger partial charge in [0.2, 0.25) is 0 Å². The molecule has 0 radical (unpaired) electrons.